The Labute approximate surface area is 102 Å². The molecule has 2 heterocycles. The van der Waals surface area contributed by atoms with Gasteiger partial charge < -0.3 is 4.74 Å². The molecule has 2 aromatic heterocycles. The standard InChI is InChI=1S/C10H6ClN5O/c1-17-10-15-8(14-9(11)16-10)7-2-6(3-12)4-13-5-7/h2,4-5H,1H3. The van der Waals surface area contributed by atoms with Gasteiger partial charge in [0.25, 0.3) is 0 Å². The fraction of sp³-hybridized carbons (Fsp3) is 0.100. The molecule has 0 saturated heterocycles. The predicted octanol–water partition coefficient (Wildman–Crippen LogP) is 1.47. The first kappa shape index (κ1) is 11.2. The van der Waals surface area contributed by atoms with Crippen LogP contribution in [0.25, 0.3) is 11.4 Å². The molecular formula is C10H6ClN5O. The van der Waals surface area contributed by atoms with Crippen LogP contribution in [0.5, 0.6) is 6.01 Å². The van der Waals surface area contributed by atoms with E-state index in [4.69, 9.17) is 21.6 Å². The van der Waals surface area contributed by atoms with Crippen LogP contribution in [0.2, 0.25) is 5.28 Å². The monoisotopic (exact) mass is 247 g/mol. The first-order chi connectivity index (χ1) is 8.22. The second-order valence-electron chi connectivity index (χ2n) is 2.99. The van der Waals surface area contributed by atoms with Gasteiger partial charge in [0, 0.05) is 18.0 Å². The number of aromatic nitrogens is 4. The van der Waals surface area contributed by atoms with Crippen molar-refractivity contribution < 1.29 is 4.74 Å². The van der Waals surface area contributed by atoms with Crippen LogP contribution in [-0.4, -0.2) is 27.0 Å². The number of pyridine rings is 1. The summed E-state index contributed by atoms with van der Waals surface area (Å²) in [5.41, 5.74) is 0.990. The van der Waals surface area contributed by atoms with Gasteiger partial charge in [-0.15, -0.1) is 0 Å². The molecule has 0 unspecified atom stereocenters. The summed E-state index contributed by atoms with van der Waals surface area (Å²) >= 11 is 5.72. The zero-order chi connectivity index (χ0) is 12.3. The number of methoxy groups -OCH3 is 1. The summed E-state index contributed by atoms with van der Waals surface area (Å²) in [4.78, 5) is 15.6. The van der Waals surface area contributed by atoms with Crippen LogP contribution in [-0.2, 0) is 0 Å². The largest absolute Gasteiger partial charge is 0.467 e. The van der Waals surface area contributed by atoms with E-state index in [2.05, 4.69) is 19.9 Å². The highest BCUT2D eigenvalue weighted by Crippen LogP contribution is 2.18. The van der Waals surface area contributed by atoms with Crippen LogP contribution in [0.1, 0.15) is 5.56 Å². The second kappa shape index (κ2) is 4.72. The minimum atomic E-state index is 0.0224. The van der Waals surface area contributed by atoms with Gasteiger partial charge in [0.2, 0.25) is 5.28 Å². The molecule has 2 rings (SSSR count). The van der Waals surface area contributed by atoms with Crippen molar-refractivity contribution in [2.75, 3.05) is 7.11 Å². The topological polar surface area (TPSA) is 84.6 Å². The fourth-order valence-electron chi connectivity index (χ4n) is 1.18. The van der Waals surface area contributed by atoms with E-state index in [1.807, 2.05) is 6.07 Å². The molecule has 0 atom stereocenters. The molecular weight excluding hydrogens is 242 g/mol. The van der Waals surface area contributed by atoms with E-state index in [-0.39, 0.29) is 11.3 Å². The molecule has 0 aliphatic carbocycles. The molecule has 2 aromatic rings. The Kier molecular flexibility index (Phi) is 3.12. The van der Waals surface area contributed by atoms with Crippen molar-refractivity contribution in [3.8, 4) is 23.5 Å². The zero-order valence-electron chi connectivity index (χ0n) is 8.75. The van der Waals surface area contributed by atoms with E-state index >= 15 is 0 Å². The van der Waals surface area contributed by atoms with Crippen molar-refractivity contribution in [3.63, 3.8) is 0 Å². The highest BCUT2D eigenvalue weighted by atomic mass is 35.5. The molecule has 0 N–H and O–H groups in total. The number of halogens is 1. The Morgan fingerprint density at radius 2 is 2.12 bits per heavy atom. The van der Waals surface area contributed by atoms with E-state index in [1.54, 1.807) is 6.07 Å². The van der Waals surface area contributed by atoms with E-state index in [0.29, 0.717) is 17.0 Å². The van der Waals surface area contributed by atoms with Crippen LogP contribution in [0.15, 0.2) is 18.5 Å². The molecule has 0 spiro atoms. The first-order valence-corrected chi connectivity index (χ1v) is 4.92. The third-order valence-corrected chi connectivity index (χ3v) is 2.06. The van der Waals surface area contributed by atoms with Crippen molar-refractivity contribution in [1.82, 2.24) is 19.9 Å². The second-order valence-corrected chi connectivity index (χ2v) is 3.33. The SMILES string of the molecule is COc1nc(Cl)nc(-c2cncc(C#N)c2)n1. The Morgan fingerprint density at radius 1 is 1.29 bits per heavy atom. The maximum absolute atomic E-state index is 8.77. The lowest BCUT2D eigenvalue weighted by Gasteiger charge is -2.02. The van der Waals surface area contributed by atoms with Crippen LogP contribution in [0.3, 0.4) is 0 Å². The van der Waals surface area contributed by atoms with Crippen LogP contribution in [0.4, 0.5) is 0 Å². The third kappa shape index (κ3) is 2.46. The van der Waals surface area contributed by atoms with Gasteiger partial charge in [-0.1, -0.05) is 0 Å². The normalized spacial score (nSPS) is 9.71. The molecule has 0 fully saturated rings. The molecule has 0 radical (unpaired) electrons. The van der Waals surface area contributed by atoms with Crippen molar-refractivity contribution in [2.45, 2.75) is 0 Å². The van der Waals surface area contributed by atoms with Crippen LogP contribution in [0, 0.1) is 11.3 Å². The van der Waals surface area contributed by atoms with Crippen molar-refractivity contribution in [2.24, 2.45) is 0 Å². The molecule has 0 aromatic carbocycles. The molecule has 17 heavy (non-hydrogen) atoms. The Bertz CT molecular complexity index is 595. The lowest BCUT2D eigenvalue weighted by Crippen LogP contribution is -1.98. The van der Waals surface area contributed by atoms with E-state index in [0.717, 1.165) is 0 Å². The molecule has 0 saturated carbocycles. The zero-order valence-corrected chi connectivity index (χ0v) is 9.51. The number of nitriles is 1. The summed E-state index contributed by atoms with van der Waals surface area (Å²) in [6.07, 6.45) is 2.98. The Balaban J connectivity index is 2.52. The van der Waals surface area contributed by atoms with Gasteiger partial charge in [-0.05, 0) is 17.7 Å². The summed E-state index contributed by atoms with van der Waals surface area (Å²) < 4.78 is 4.88. The highest BCUT2D eigenvalue weighted by molar-refractivity contribution is 6.28. The minimum Gasteiger partial charge on any atom is -0.467 e. The van der Waals surface area contributed by atoms with Gasteiger partial charge in [0.1, 0.15) is 6.07 Å². The van der Waals surface area contributed by atoms with Crippen molar-refractivity contribution in [3.05, 3.63) is 29.3 Å². The lowest BCUT2D eigenvalue weighted by atomic mass is 10.2. The van der Waals surface area contributed by atoms with Gasteiger partial charge in [-0.25, -0.2) is 0 Å². The highest BCUT2D eigenvalue weighted by Gasteiger charge is 2.08. The summed E-state index contributed by atoms with van der Waals surface area (Å²) in [7, 11) is 1.43. The average Bonchev–Trinajstić information content (AvgIpc) is 2.38. The number of rotatable bonds is 2. The number of hydrogen-bond acceptors (Lipinski definition) is 6. The van der Waals surface area contributed by atoms with Crippen LogP contribution < -0.4 is 4.74 Å². The van der Waals surface area contributed by atoms with Gasteiger partial charge in [0.15, 0.2) is 5.82 Å². The Hall–Kier alpha value is -2.26. The molecule has 84 valence electrons. The van der Waals surface area contributed by atoms with Gasteiger partial charge in [-0.2, -0.15) is 20.2 Å². The minimum absolute atomic E-state index is 0.0224. The fourth-order valence-corrected chi connectivity index (χ4v) is 1.33. The van der Waals surface area contributed by atoms with Gasteiger partial charge >= 0.3 is 6.01 Å². The molecule has 0 aliphatic rings. The molecule has 0 amide bonds. The van der Waals surface area contributed by atoms with Gasteiger partial charge in [0.05, 0.1) is 12.7 Å². The smallest absolute Gasteiger partial charge is 0.321 e. The maximum atomic E-state index is 8.77. The summed E-state index contributed by atoms with van der Waals surface area (Å²) in [5, 5.41) is 8.79. The van der Waals surface area contributed by atoms with Crippen molar-refractivity contribution >= 4 is 11.6 Å². The summed E-state index contributed by atoms with van der Waals surface area (Å²) in [6, 6.07) is 3.70. The molecule has 7 heteroatoms. The molecule has 0 aliphatic heterocycles. The summed E-state index contributed by atoms with van der Waals surface area (Å²) in [6.45, 7) is 0. The van der Waals surface area contributed by atoms with E-state index < -0.39 is 0 Å². The van der Waals surface area contributed by atoms with Crippen molar-refractivity contribution in [1.29, 1.82) is 5.26 Å². The van der Waals surface area contributed by atoms with E-state index in [1.165, 1.54) is 19.5 Å². The lowest BCUT2D eigenvalue weighted by molar-refractivity contribution is 0.379. The van der Waals surface area contributed by atoms with Gasteiger partial charge in [-0.3, -0.25) is 4.98 Å². The number of hydrogen-bond donors (Lipinski definition) is 0. The average molecular weight is 248 g/mol. The first-order valence-electron chi connectivity index (χ1n) is 4.54. The number of ether oxygens (including phenoxy) is 1. The number of nitrogens with zero attached hydrogens (tertiary/aromatic N) is 5. The quantitative estimate of drug-likeness (QED) is 0.799. The van der Waals surface area contributed by atoms with Crippen LogP contribution >= 0.6 is 11.6 Å². The van der Waals surface area contributed by atoms with E-state index in [9.17, 15) is 0 Å². The summed E-state index contributed by atoms with van der Waals surface area (Å²) in [5.74, 6) is 0.312. The Morgan fingerprint density at radius 3 is 2.82 bits per heavy atom. The molecule has 6 nitrogen and oxygen atoms in total. The predicted molar refractivity (Wildman–Crippen MR) is 59.3 cm³/mol. The third-order valence-electron chi connectivity index (χ3n) is 1.90. The molecule has 0 bridgehead atoms. The maximum Gasteiger partial charge on any atom is 0.321 e.